The molecule has 0 unspecified atom stereocenters. The minimum absolute atomic E-state index is 0.0946. The van der Waals surface area contributed by atoms with E-state index in [4.69, 9.17) is 0 Å². The molecule has 0 radical (unpaired) electrons. The Bertz CT molecular complexity index is 686. The fourth-order valence-electron chi connectivity index (χ4n) is 4.31. The Labute approximate surface area is 165 Å². The fraction of sp³-hybridized carbons (Fsp3) is 0.727. The Morgan fingerprint density at radius 1 is 0.926 bits per heavy atom. The van der Waals surface area contributed by atoms with E-state index >= 15 is 0 Å². The van der Waals surface area contributed by atoms with Crippen LogP contribution in [0, 0.1) is 18.8 Å². The summed E-state index contributed by atoms with van der Waals surface area (Å²) in [5, 5.41) is 0. The quantitative estimate of drug-likeness (QED) is 0.742. The first kappa shape index (κ1) is 20.8. The molecule has 2 aliphatic heterocycles. The van der Waals surface area contributed by atoms with Gasteiger partial charge < -0.3 is 4.90 Å². The molecule has 0 spiro atoms. The Kier molecular flexibility index (Phi) is 6.98. The summed E-state index contributed by atoms with van der Waals surface area (Å²) >= 11 is 0. The van der Waals surface area contributed by atoms with Crippen LogP contribution in [0.15, 0.2) is 29.2 Å². The van der Waals surface area contributed by atoms with Gasteiger partial charge in [0.2, 0.25) is 0 Å². The second-order valence-corrected chi connectivity index (χ2v) is 11.0. The van der Waals surface area contributed by atoms with Crippen LogP contribution in [0.3, 0.4) is 0 Å². The maximum atomic E-state index is 13.1. The van der Waals surface area contributed by atoms with Gasteiger partial charge in [-0.15, -0.1) is 0 Å². The van der Waals surface area contributed by atoms with E-state index in [9.17, 15) is 8.42 Å². The Balaban J connectivity index is 1.73. The topological polar surface area (TPSA) is 40.6 Å². The third-order valence-electron chi connectivity index (χ3n) is 6.47. The smallest absolute Gasteiger partial charge is 0.179 e. The van der Waals surface area contributed by atoms with E-state index in [0.717, 1.165) is 50.1 Å². The molecule has 1 aromatic rings. The molecule has 0 aliphatic carbocycles. The number of sulfone groups is 1. The summed E-state index contributed by atoms with van der Waals surface area (Å²) in [7, 11) is -3.27. The number of nitrogens with zero attached hydrogens (tertiary/aromatic N) is 2. The van der Waals surface area contributed by atoms with Gasteiger partial charge in [-0.2, -0.15) is 0 Å². The standard InChI is InChI=1S/C22H36N2O2S/c1-18-4-6-22(7-5-18)27(25,26)17-21(24-14-10-20(3)11-15-24)16-23-12-8-19(2)9-13-23/h4-7,19-21H,8-17H2,1-3H3/t21-/m1/s1. The molecule has 0 aromatic heterocycles. The van der Waals surface area contributed by atoms with Crippen LogP contribution in [0.5, 0.6) is 0 Å². The van der Waals surface area contributed by atoms with Crippen molar-refractivity contribution in [3.8, 4) is 0 Å². The molecular formula is C22H36N2O2S. The minimum Gasteiger partial charge on any atom is -0.302 e. The lowest BCUT2D eigenvalue weighted by atomic mass is 9.97. The average molecular weight is 393 g/mol. The summed E-state index contributed by atoms with van der Waals surface area (Å²) in [6.45, 7) is 11.8. The first-order valence-corrected chi connectivity index (χ1v) is 12.2. The van der Waals surface area contributed by atoms with E-state index in [-0.39, 0.29) is 11.8 Å². The van der Waals surface area contributed by atoms with E-state index in [1.54, 1.807) is 12.1 Å². The van der Waals surface area contributed by atoms with Gasteiger partial charge >= 0.3 is 0 Å². The van der Waals surface area contributed by atoms with Crippen LogP contribution in [0.25, 0.3) is 0 Å². The van der Waals surface area contributed by atoms with Crippen molar-refractivity contribution >= 4 is 9.84 Å². The van der Waals surface area contributed by atoms with Crippen LogP contribution in [0.4, 0.5) is 0 Å². The third kappa shape index (κ3) is 5.78. The molecule has 4 nitrogen and oxygen atoms in total. The van der Waals surface area contributed by atoms with Crippen molar-refractivity contribution < 1.29 is 8.42 Å². The molecule has 2 heterocycles. The predicted octanol–water partition coefficient (Wildman–Crippen LogP) is 3.60. The minimum atomic E-state index is -3.27. The number of aryl methyl sites for hydroxylation is 1. The molecule has 2 fully saturated rings. The van der Waals surface area contributed by atoms with Gasteiger partial charge in [0.05, 0.1) is 10.6 Å². The molecule has 5 heteroatoms. The van der Waals surface area contributed by atoms with E-state index in [0.29, 0.717) is 4.90 Å². The van der Waals surface area contributed by atoms with Crippen LogP contribution >= 0.6 is 0 Å². The van der Waals surface area contributed by atoms with Gasteiger partial charge in [-0.05, 0) is 82.8 Å². The number of hydrogen-bond acceptors (Lipinski definition) is 4. The lowest BCUT2D eigenvalue weighted by Gasteiger charge is -2.40. The van der Waals surface area contributed by atoms with Crippen molar-refractivity contribution in [3.63, 3.8) is 0 Å². The summed E-state index contributed by atoms with van der Waals surface area (Å²) in [5.74, 6) is 1.79. The molecular weight excluding hydrogens is 356 g/mol. The van der Waals surface area contributed by atoms with Crippen LogP contribution in [-0.2, 0) is 9.84 Å². The molecule has 0 amide bonds. The predicted molar refractivity (Wildman–Crippen MR) is 112 cm³/mol. The SMILES string of the molecule is Cc1ccc(S(=O)(=O)C[C@@H](CN2CCC(C)CC2)N2CCC(C)CC2)cc1. The highest BCUT2D eigenvalue weighted by Gasteiger charge is 2.31. The summed E-state index contributed by atoms with van der Waals surface area (Å²) in [4.78, 5) is 5.41. The van der Waals surface area contributed by atoms with Crippen LogP contribution in [0.2, 0.25) is 0 Å². The molecule has 3 rings (SSSR count). The summed E-state index contributed by atoms with van der Waals surface area (Å²) in [6, 6.07) is 7.43. The summed E-state index contributed by atoms with van der Waals surface area (Å²) in [6.07, 6.45) is 4.82. The molecule has 1 atom stereocenters. The zero-order chi connectivity index (χ0) is 19.4. The van der Waals surface area contributed by atoms with Crippen molar-refractivity contribution in [3.05, 3.63) is 29.8 Å². The van der Waals surface area contributed by atoms with Gasteiger partial charge in [0, 0.05) is 12.6 Å². The number of rotatable bonds is 6. The molecule has 0 saturated carbocycles. The second kappa shape index (κ2) is 9.06. The maximum Gasteiger partial charge on any atom is 0.179 e. The van der Waals surface area contributed by atoms with Gasteiger partial charge in [-0.25, -0.2) is 8.42 Å². The highest BCUT2D eigenvalue weighted by molar-refractivity contribution is 7.91. The average Bonchev–Trinajstić information content (AvgIpc) is 2.64. The maximum absolute atomic E-state index is 13.1. The Morgan fingerprint density at radius 3 is 2.00 bits per heavy atom. The Morgan fingerprint density at radius 2 is 1.44 bits per heavy atom. The number of hydrogen-bond donors (Lipinski definition) is 0. The van der Waals surface area contributed by atoms with Gasteiger partial charge in [-0.3, -0.25) is 4.90 Å². The molecule has 1 aromatic carbocycles. The fourth-order valence-corrected chi connectivity index (χ4v) is 5.87. The van der Waals surface area contributed by atoms with Gasteiger partial charge in [-0.1, -0.05) is 31.5 Å². The highest BCUT2D eigenvalue weighted by Crippen LogP contribution is 2.23. The van der Waals surface area contributed by atoms with Crippen molar-refractivity contribution in [1.82, 2.24) is 9.80 Å². The summed E-state index contributed by atoms with van der Waals surface area (Å²) < 4.78 is 26.2. The molecule has 0 bridgehead atoms. The van der Waals surface area contributed by atoms with Crippen molar-refractivity contribution in [2.45, 2.75) is 57.4 Å². The van der Waals surface area contributed by atoms with Crippen LogP contribution in [-0.4, -0.2) is 62.7 Å². The van der Waals surface area contributed by atoms with E-state index in [1.165, 1.54) is 25.7 Å². The molecule has 27 heavy (non-hydrogen) atoms. The Hall–Kier alpha value is -0.910. The normalized spacial score (nSPS) is 22.8. The second-order valence-electron chi connectivity index (χ2n) is 8.95. The lowest BCUT2D eigenvalue weighted by molar-refractivity contribution is 0.0974. The van der Waals surface area contributed by atoms with E-state index in [1.807, 2.05) is 19.1 Å². The molecule has 152 valence electrons. The van der Waals surface area contributed by atoms with Crippen molar-refractivity contribution in [1.29, 1.82) is 0 Å². The molecule has 2 aliphatic rings. The first-order valence-electron chi connectivity index (χ1n) is 10.6. The van der Waals surface area contributed by atoms with Gasteiger partial charge in [0.1, 0.15) is 0 Å². The van der Waals surface area contributed by atoms with Crippen LogP contribution in [0.1, 0.15) is 45.1 Å². The van der Waals surface area contributed by atoms with Crippen LogP contribution < -0.4 is 0 Å². The summed E-state index contributed by atoms with van der Waals surface area (Å²) in [5.41, 5.74) is 1.10. The van der Waals surface area contributed by atoms with E-state index in [2.05, 4.69) is 23.6 Å². The van der Waals surface area contributed by atoms with Crippen molar-refractivity contribution in [2.75, 3.05) is 38.5 Å². The lowest BCUT2D eigenvalue weighted by Crippen LogP contribution is -2.51. The number of likely N-dealkylation sites (tertiary alicyclic amines) is 2. The zero-order valence-corrected chi connectivity index (χ0v) is 18.0. The molecule has 0 N–H and O–H groups in total. The largest absolute Gasteiger partial charge is 0.302 e. The van der Waals surface area contributed by atoms with Gasteiger partial charge in [0.15, 0.2) is 9.84 Å². The molecule has 2 saturated heterocycles. The first-order chi connectivity index (χ1) is 12.8. The van der Waals surface area contributed by atoms with E-state index < -0.39 is 9.84 Å². The monoisotopic (exact) mass is 392 g/mol. The zero-order valence-electron chi connectivity index (χ0n) is 17.2. The third-order valence-corrected chi connectivity index (χ3v) is 8.29. The number of piperidine rings is 2. The number of benzene rings is 1. The van der Waals surface area contributed by atoms with Crippen molar-refractivity contribution in [2.24, 2.45) is 11.8 Å². The van der Waals surface area contributed by atoms with Gasteiger partial charge in [0.25, 0.3) is 0 Å². The highest BCUT2D eigenvalue weighted by atomic mass is 32.2.